The molecule has 132 valence electrons. The topological polar surface area (TPSA) is 38.8 Å². The highest BCUT2D eigenvalue weighted by Crippen LogP contribution is 2.25. The van der Waals surface area contributed by atoms with E-state index in [1.165, 1.54) is 0 Å². The summed E-state index contributed by atoms with van der Waals surface area (Å²) in [6.07, 6.45) is 0. The molecule has 1 fully saturated rings. The van der Waals surface area contributed by atoms with Gasteiger partial charge in [-0.15, -0.1) is 0 Å². The summed E-state index contributed by atoms with van der Waals surface area (Å²) < 4.78 is 12.4. The Kier molecular flexibility index (Phi) is 5.45. The van der Waals surface area contributed by atoms with Crippen LogP contribution in [-0.2, 0) is 11.3 Å². The van der Waals surface area contributed by atoms with Crippen molar-refractivity contribution in [1.82, 2.24) is 4.90 Å². The average Bonchev–Trinajstić information content (AvgIpc) is 2.60. The van der Waals surface area contributed by atoms with Gasteiger partial charge < -0.3 is 14.4 Å². The lowest BCUT2D eigenvalue weighted by molar-refractivity contribution is -0.0764. The zero-order chi connectivity index (χ0) is 17.9. The molecule has 0 atom stereocenters. The third kappa shape index (κ3) is 4.61. The number of amides is 1. The number of para-hydroxylation sites is 1. The molecule has 0 N–H and O–H groups in total. The molecule has 2 aromatic rings. The van der Waals surface area contributed by atoms with Crippen molar-refractivity contribution in [3.63, 3.8) is 0 Å². The number of ether oxygens (including phenoxy) is 2. The van der Waals surface area contributed by atoms with Gasteiger partial charge in [0.1, 0.15) is 12.4 Å². The first kappa shape index (κ1) is 18.0. The lowest BCUT2D eigenvalue weighted by Gasteiger charge is -2.38. The summed E-state index contributed by atoms with van der Waals surface area (Å²) >= 11 is 3.47. The van der Waals surface area contributed by atoms with Crippen molar-refractivity contribution in [3.8, 4) is 5.75 Å². The first-order valence-corrected chi connectivity index (χ1v) is 9.13. The van der Waals surface area contributed by atoms with E-state index in [9.17, 15) is 4.79 Å². The van der Waals surface area contributed by atoms with Gasteiger partial charge in [-0.25, -0.2) is 0 Å². The van der Waals surface area contributed by atoms with Crippen LogP contribution >= 0.6 is 15.9 Å². The number of carbonyl (C=O) groups is 1. The van der Waals surface area contributed by atoms with E-state index in [2.05, 4.69) is 15.9 Å². The Bertz CT molecular complexity index is 743. The van der Waals surface area contributed by atoms with Crippen LogP contribution in [0.4, 0.5) is 0 Å². The van der Waals surface area contributed by atoms with Gasteiger partial charge in [-0.2, -0.15) is 0 Å². The fourth-order valence-corrected chi connectivity index (χ4v) is 3.24. The van der Waals surface area contributed by atoms with Gasteiger partial charge in [0.25, 0.3) is 5.91 Å². The second kappa shape index (κ2) is 7.58. The first-order valence-electron chi connectivity index (χ1n) is 8.34. The molecule has 0 aliphatic carbocycles. The van der Waals surface area contributed by atoms with Gasteiger partial charge in [0, 0.05) is 18.7 Å². The fourth-order valence-electron chi connectivity index (χ4n) is 2.84. The Balaban J connectivity index is 1.62. The highest BCUT2D eigenvalue weighted by Gasteiger charge is 2.30. The number of hydrogen-bond acceptors (Lipinski definition) is 3. The van der Waals surface area contributed by atoms with Gasteiger partial charge >= 0.3 is 0 Å². The summed E-state index contributed by atoms with van der Waals surface area (Å²) in [7, 11) is 0. The van der Waals surface area contributed by atoms with Crippen molar-refractivity contribution in [2.24, 2.45) is 0 Å². The smallest absolute Gasteiger partial charge is 0.254 e. The molecule has 3 rings (SSSR count). The zero-order valence-corrected chi connectivity index (χ0v) is 16.1. The minimum absolute atomic E-state index is 0.0506. The minimum atomic E-state index is -0.287. The number of benzene rings is 2. The van der Waals surface area contributed by atoms with Gasteiger partial charge in [0.2, 0.25) is 0 Å². The van der Waals surface area contributed by atoms with Crippen LogP contribution in [0.1, 0.15) is 29.8 Å². The quantitative estimate of drug-likeness (QED) is 0.764. The lowest BCUT2D eigenvalue weighted by atomic mass is 10.1. The second-order valence-electron chi connectivity index (χ2n) is 6.75. The highest BCUT2D eigenvalue weighted by molar-refractivity contribution is 9.10. The van der Waals surface area contributed by atoms with Gasteiger partial charge in [-0.1, -0.05) is 24.3 Å². The van der Waals surface area contributed by atoms with E-state index in [-0.39, 0.29) is 11.5 Å². The van der Waals surface area contributed by atoms with Crippen molar-refractivity contribution < 1.29 is 14.3 Å². The van der Waals surface area contributed by atoms with Crippen LogP contribution in [0.2, 0.25) is 0 Å². The van der Waals surface area contributed by atoms with E-state index in [1.807, 2.05) is 67.3 Å². The molecule has 2 aromatic carbocycles. The molecular weight excluding hydrogens is 382 g/mol. The third-order valence-corrected chi connectivity index (χ3v) is 4.80. The molecule has 0 spiro atoms. The predicted octanol–water partition coefficient (Wildman–Crippen LogP) is 4.28. The number of nitrogens with zero attached hydrogens (tertiary/aromatic N) is 1. The Morgan fingerprint density at radius 1 is 1.20 bits per heavy atom. The number of rotatable bonds is 4. The first-order chi connectivity index (χ1) is 11.9. The summed E-state index contributed by atoms with van der Waals surface area (Å²) in [6, 6.07) is 15.4. The van der Waals surface area contributed by atoms with Crippen LogP contribution in [0, 0.1) is 0 Å². The van der Waals surface area contributed by atoms with Crippen molar-refractivity contribution in [2.45, 2.75) is 26.1 Å². The maximum absolute atomic E-state index is 12.7. The minimum Gasteiger partial charge on any atom is -0.488 e. The number of carbonyl (C=O) groups excluding carboxylic acids is 1. The van der Waals surface area contributed by atoms with E-state index in [4.69, 9.17) is 9.47 Å². The molecule has 0 unspecified atom stereocenters. The maximum atomic E-state index is 12.7. The molecule has 1 saturated heterocycles. The Morgan fingerprint density at radius 2 is 1.92 bits per heavy atom. The van der Waals surface area contributed by atoms with E-state index < -0.39 is 0 Å². The summed E-state index contributed by atoms with van der Waals surface area (Å²) in [6.45, 7) is 6.30. The monoisotopic (exact) mass is 403 g/mol. The molecule has 0 radical (unpaired) electrons. The molecule has 5 heteroatoms. The van der Waals surface area contributed by atoms with E-state index >= 15 is 0 Å². The summed E-state index contributed by atoms with van der Waals surface area (Å²) in [5, 5.41) is 0. The molecule has 1 amide bonds. The van der Waals surface area contributed by atoms with Gasteiger partial charge in [-0.05, 0) is 59.6 Å². The highest BCUT2D eigenvalue weighted by atomic mass is 79.9. The van der Waals surface area contributed by atoms with Crippen molar-refractivity contribution in [1.29, 1.82) is 0 Å². The normalized spacial score (nSPS) is 16.5. The number of morpholine rings is 1. The van der Waals surface area contributed by atoms with Crippen LogP contribution in [0.25, 0.3) is 0 Å². The van der Waals surface area contributed by atoms with Gasteiger partial charge in [0.15, 0.2) is 0 Å². The molecule has 0 bridgehead atoms. The molecular formula is C20H22BrNO3. The largest absolute Gasteiger partial charge is 0.488 e. The van der Waals surface area contributed by atoms with Crippen LogP contribution in [0.5, 0.6) is 5.75 Å². The zero-order valence-electron chi connectivity index (χ0n) is 14.5. The Labute approximate surface area is 156 Å². The fraction of sp³-hybridized carbons (Fsp3) is 0.350. The van der Waals surface area contributed by atoms with E-state index in [0.717, 1.165) is 15.8 Å². The Hall–Kier alpha value is -1.85. The van der Waals surface area contributed by atoms with Crippen molar-refractivity contribution in [3.05, 3.63) is 64.1 Å². The molecule has 1 heterocycles. The summed E-state index contributed by atoms with van der Waals surface area (Å²) in [5.41, 5.74) is 1.43. The second-order valence-corrected chi connectivity index (χ2v) is 7.61. The Morgan fingerprint density at radius 3 is 2.60 bits per heavy atom. The predicted molar refractivity (Wildman–Crippen MR) is 101 cm³/mol. The molecule has 1 aliphatic rings. The maximum Gasteiger partial charge on any atom is 0.254 e. The SMILES string of the molecule is CC1(C)CN(C(=O)c2ccc(COc3ccccc3Br)cc2)CCO1. The van der Waals surface area contributed by atoms with Crippen LogP contribution in [-0.4, -0.2) is 36.1 Å². The number of halogens is 1. The van der Waals surface area contributed by atoms with Gasteiger partial charge in [0.05, 0.1) is 16.7 Å². The molecule has 4 nitrogen and oxygen atoms in total. The standard InChI is InChI=1S/C20H22BrNO3/c1-20(2)14-22(11-12-25-20)19(23)16-9-7-15(8-10-16)13-24-18-6-4-3-5-17(18)21/h3-10H,11-14H2,1-2H3. The molecule has 0 aromatic heterocycles. The van der Waals surface area contributed by atoms with Crippen LogP contribution in [0.3, 0.4) is 0 Å². The molecule has 1 aliphatic heterocycles. The van der Waals surface area contributed by atoms with Crippen molar-refractivity contribution >= 4 is 21.8 Å². The number of hydrogen-bond donors (Lipinski definition) is 0. The molecule has 25 heavy (non-hydrogen) atoms. The summed E-state index contributed by atoms with van der Waals surface area (Å²) in [5.74, 6) is 0.854. The van der Waals surface area contributed by atoms with Crippen LogP contribution in [0.15, 0.2) is 53.0 Å². The van der Waals surface area contributed by atoms with Crippen LogP contribution < -0.4 is 4.74 Å². The third-order valence-electron chi connectivity index (χ3n) is 4.14. The lowest BCUT2D eigenvalue weighted by Crippen LogP contribution is -2.50. The molecule has 0 saturated carbocycles. The van der Waals surface area contributed by atoms with E-state index in [1.54, 1.807) is 0 Å². The van der Waals surface area contributed by atoms with Crippen molar-refractivity contribution in [2.75, 3.05) is 19.7 Å². The van der Waals surface area contributed by atoms with Gasteiger partial charge in [-0.3, -0.25) is 4.79 Å². The summed E-state index contributed by atoms with van der Waals surface area (Å²) in [4.78, 5) is 14.5. The van der Waals surface area contributed by atoms with E-state index in [0.29, 0.717) is 31.9 Å². The average molecular weight is 404 g/mol.